The van der Waals surface area contributed by atoms with E-state index in [9.17, 15) is 0 Å². The molecule has 2 heteroatoms. The monoisotopic (exact) mass is 162 g/mol. The van der Waals surface area contributed by atoms with Crippen LogP contribution in [0.1, 0.15) is 13.8 Å². The molecule has 64 valence electrons. The van der Waals surface area contributed by atoms with Gasteiger partial charge in [-0.2, -0.15) is 0 Å². The first-order valence-electron chi connectivity index (χ1n) is 4.19. The van der Waals surface area contributed by atoms with Crippen LogP contribution in [0.25, 0.3) is 0 Å². The number of rotatable bonds is 2. The zero-order chi connectivity index (χ0) is 8.81. The topological polar surface area (TPSA) is 24.7 Å². The molecule has 0 amide bonds. The van der Waals surface area contributed by atoms with Crippen LogP contribution in [-0.2, 0) is 0 Å². The predicted molar refractivity (Wildman–Crippen MR) is 53.9 cm³/mol. The van der Waals surface area contributed by atoms with Gasteiger partial charge >= 0.3 is 0 Å². The van der Waals surface area contributed by atoms with Crippen LogP contribution >= 0.6 is 0 Å². The standard InChI is InChI=1S/C10H14N2/c1-3-11-6-4-10-5-7-12-8-9(10)2/h3-7,9H,8H2,1-2H3/b6-4-,11-3?. The molecular weight excluding hydrogens is 148 g/mol. The molecule has 0 fully saturated rings. The van der Waals surface area contributed by atoms with E-state index in [1.165, 1.54) is 5.57 Å². The van der Waals surface area contributed by atoms with Crippen LogP contribution in [0.5, 0.6) is 0 Å². The van der Waals surface area contributed by atoms with Crippen molar-refractivity contribution in [2.45, 2.75) is 13.8 Å². The fraction of sp³-hybridized carbons (Fsp3) is 0.400. The summed E-state index contributed by atoms with van der Waals surface area (Å²) in [5, 5.41) is 0. The molecule has 1 aliphatic rings. The normalized spacial score (nSPS) is 23.8. The lowest BCUT2D eigenvalue weighted by atomic mass is 9.99. The maximum Gasteiger partial charge on any atom is 0.0455 e. The van der Waals surface area contributed by atoms with Gasteiger partial charge in [0, 0.05) is 31.1 Å². The second kappa shape index (κ2) is 4.65. The summed E-state index contributed by atoms with van der Waals surface area (Å²) >= 11 is 0. The smallest absolute Gasteiger partial charge is 0.0455 e. The zero-order valence-corrected chi connectivity index (χ0v) is 7.57. The van der Waals surface area contributed by atoms with Crippen molar-refractivity contribution in [1.82, 2.24) is 0 Å². The summed E-state index contributed by atoms with van der Waals surface area (Å²) in [4.78, 5) is 8.17. The summed E-state index contributed by atoms with van der Waals surface area (Å²) in [6, 6.07) is 0. The predicted octanol–water partition coefficient (Wildman–Crippen LogP) is 2.24. The molecule has 1 atom stereocenters. The van der Waals surface area contributed by atoms with Gasteiger partial charge in [0.1, 0.15) is 0 Å². The summed E-state index contributed by atoms with van der Waals surface area (Å²) in [5.74, 6) is 0.526. The SMILES string of the molecule is CC=N/C=C\C1=CC=NCC1C. The third-order valence-electron chi connectivity index (χ3n) is 1.82. The molecule has 0 aromatic heterocycles. The first-order chi connectivity index (χ1) is 5.84. The summed E-state index contributed by atoms with van der Waals surface area (Å²) in [5.41, 5.74) is 1.30. The lowest BCUT2D eigenvalue weighted by molar-refractivity contribution is 0.706. The van der Waals surface area contributed by atoms with E-state index in [2.05, 4.69) is 16.9 Å². The maximum atomic E-state index is 4.16. The van der Waals surface area contributed by atoms with Crippen molar-refractivity contribution in [2.24, 2.45) is 15.9 Å². The van der Waals surface area contributed by atoms with E-state index in [0.29, 0.717) is 5.92 Å². The van der Waals surface area contributed by atoms with E-state index in [1.807, 2.05) is 31.5 Å². The highest BCUT2D eigenvalue weighted by Gasteiger charge is 2.06. The van der Waals surface area contributed by atoms with Crippen molar-refractivity contribution in [1.29, 1.82) is 0 Å². The van der Waals surface area contributed by atoms with Gasteiger partial charge in [0.25, 0.3) is 0 Å². The van der Waals surface area contributed by atoms with Gasteiger partial charge in [-0.05, 0) is 24.6 Å². The minimum Gasteiger partial charge on any atom is -0.293 e. The van der Waals surface area contributed by atoms with E-state index in [-0.39, 0.29) is 0 Å². The van der Waals surface area contributed by atoms with Crippen molar-refractivity contribution in [2.75, 3.05) is 6.54 Å². The first-order valence-corrected chi connectivity index (χ1v) is 4.19. The molecule has 1 rings (SSSR count). The fourth-order valence-electron chi connectivity index (χ4n) is 1.06. The Balaban J connectivity index is 2.61. The minimum atomic E-state index is 0.526. The van der Waals surface area contributed by atoms with Gasteiger partial charge in [0.05, 0.1) is 0 Å². The second-order valence-corrected chi connectivity index (χ2v) is 2.80. The fourth-order valence-corrected chi connectivity index (χ4v) is 1.06. The van der Waals surface area contributed by atoms with E-state index in [0.717, 1.165) is 6.54 Å². The summed E-state index contributed by atoms with van der Waals surface area (Å²) in [6.45, 7) is 4.97. The molecule has 0 spiro atoms. The van der Waals surface area contributed by atoms with Crippen molar-refractivity contribution in [3.63, 3.8) is 0 Å². The number of hydrogen-bond acceptors (Lipinski definition) is 2. The van der Waals surface area contributed by atoms with E-state index >= 15 is 0 Å². The molecule has 1 aliphatic heterocycles. The van der Waals surface area contributed by atoms with Crippen LogP contribution in [0, 0.1) is 5.92 Å². The van der Waals surface area contributed by atoms with E-state index in [4.69, 9.17) is 0 Å². The van der Waals surface area contributed by atoms with Gasteiger partial charge in [0.15, 0.2) is 0 Å². The Morgan fingerprint density at radius 3 is 3.17 bits per heavy atom. The van der Waals surface area contributed by atoms with Crippen LogP contribution in [0.3, 0.4) is 0 Å². The van der Waals surface area contributed by atoms with Crippen LogP contribution < -0.4 is 0 Å². The molecule has 0 N–H and O–H groups in total. The molecule has 0 radical (unpaired) electrons. The third-order valence-corrected chi connectivity index (χ3v) is 1.82. The maximum absolute atomic E-state index is 4.16. The molecule has 0 aromatic rings. The van der Waals surface area contributed by atoms with Gasteiger partial charge in [-0.3, -0.25) is 9.98 Å². The summed E-state index contributed by atoms with van der Waals surface area (Å²) < 4.78 is 0. The lowest BCUT2D eigenvalue weighted by Crippen LogP contribution is -2.05. The summed E-state index contributed by atoms with van der Waals surface area (Å²) in [7, 11) is 0. The Hall–Kier alpha value is -1.18. The average Bonchev–Trinajstić information content (AvgIpc) is 2.09. The Kier molecular flexibility index (Phi) is 3.45. The third kappa shape index (κ3) is 2.46. The van der Waals surface area contributed by atoms with Gasteiger partial charge < -0.3 is 0 Å². The lowest BCUT2D eigenvalue weighted by Gasteiger charge is -2.11. The van der Waals surface area contributed by atoms with Crippen molar-refractivity contribution in [3.8, 4) is 0 Å². The van der Waals surface area contributed by atoms with Crippen LogP contribution in [0.4, 0.5) is 0 Å². The van der Waals surface area contributed by atoms with Crippen LogP contribution in [0.2, 0.25) is 0 Å². The molecule has 0 bridgehead atoms. The highest BCUT2D eigenvalue weighted by atomic mass is 14.7. The Morgan fingerprint density at radius 1 is 1.67 bits per heavy atom. The highest BCUT2D eigenvalue weighted by molar-refractivity contribution is 5.74. The average molecular weight is 162 g/mol. The van der Waals surface area contributed by atoms with Crippen molar-refractivity contribution >= 4 is 12.4 Å². The minimum absolute atomic E-state index is 0.526. The first kappa shape index (κ1) is 8.91. The van der Waals surface area contributed by atoms with Crippen molar-refractivity contribution < 1.29 is 0 Å². The Labute approximate surface area is 73.4 Å². The highest BCUT2D eigenvalue weighted by Crippen LogP contribution is 2.14. The molecular formula is C10H14N2. The summed E-state index contributed by atoms with van der Waals surface area (Å²) in [6.07, 6.45) is 9.53. The number of nitrogens with zero attached hydrogens (tertiary/aromatic N) is 2. The molecule has 12 heavy (non-hydrogen) atoms. The molecule has 1 unspecified atom stereocenters. The van der Waals surface area contributed by atoms with Crippen LogP contribution in [-0.4, -0.2) is 19.0 Å². The Bertz CT molecular complexity index is 247. The number of aliphatic imine (C=N–C) groups is 2. The second-order valence-electron chi connectivity index (χ2n) is 2.80. The van der Waals surface area contributed by atoms with E-state index in [1.54, 1.807) is 6.21 Å². The molecule has 0 saturated heterocycles. The zero-order valence-electron chi connectivity index (χ0n) is 7.57. The van der Waals surface area contributed by atoms with Gasteiger partial charge in [0.2, 0.25) is 0 Å². The number of allylic oxidation sites excluding steroid dienone is 2. The number of dihydropyridines is 1. The van der Waals surface area contributed by atoms with Gasteiger partial charge in [-0.15, -0.1) is 0 Å². The van der Waals surface area contributed by atoms with Crippen LogP contribution in [0.15, 0.2) is 33.9 Å². The Morgan fingerprint density at radius 2 is 2.50 bits per heavy atom. The number of hydrogen-bond donors (Lipinski definition) is 0. The van der Waals surface area contributed by atoms with Gasteiger partial charge in [-0.1, -0.05) is 6.92 Å². The largest absolute Gasteiger partial charge is 0.293 e. The molecule has 0 saturated carbocycles. The molecule has 1 heterocycles. The molecule has 0 aromatic carbocycles. The molecule has 0 aliphatic carbocycles. The van der Waals surface area contributed by atoms with E-state index < -0.39 is 0 Å². The molecule has 2 nitrogen and oxygen atoms in total. The van der Waals surface area contributed by atoms with Gasteiger partial charge in [-0.25, -0.2) is 0 Å². The quantitative estimate of drug-likeness (QED) is 0.556. The van der Waals surface area contributed by atoms with Crippen molar-refractivity contribution in [3.05, 3.63) is 23.9 Å².